The molecule has 1 amide bonds. The third-order valence-corrected chi connectivity index (χ3v) is 3.50. The van der Waals surface area contributed by atoms with Gasteiger partial charge in [0.1, 0.15) is 5.82 Å². The smallest absolute Gasteiger partial charge is 0.255 e. The molecule has 0 aliphatic carbocycles. The Morgan fingerprint density at radius 2 is 1.78 bits per heavy atom. The van der Waals surface area contributed by atoms with Crippen LogP contribution < -0.4 is 5.32 Å². The highest BCUT2D eigenvalue weighted by Gasteiger charge is 2.12. The molecule has 0 fully saturated rings. The van der Waals surface area contributed by atoms with Crippen molar-refractivity contribution in [3.8, 4) is 5.69 Å². The van der Waals surface area contributed by atoms with Crippen molar-refractivity contribution < 1.29 is 9.18 Å². The maximum absolute atomic E-state index is 13.0. The minimum atomic E-state index is -0.371. The summed E-state index contributed by atoms with van der Waals surface area (Å²) >= 11 is 0. The van der Waals surface area contributed by atoms with Crippen LogP contribution in [0.1, 0.15) is 21.7 Å². The molecule has 0 bridgehead atoms. The van der Waals surface area contributed by atoms with Gasteiger partial charge in [-0.2, -0.15) is 5.10 Å². The van der Waals surface area contributed by atoms with E-state index in [9.17, 15) is 9.18 Å². The first-order valence-corrected chi connectivity index (χ1v) is 7.24. The molecule has 0 atom stereocenters. The molecular weight excluding hydrogens is 293 g/mol. The molecule has 1 heterocycles. The molecule has 3 aromatic rings. The third kappa shape index (κ3) is 3.13. The molecular formula is C18H16FN3O. The number of rotatable bonds is 3. The van der Waals surface area contributed by atoms with Gasteiger partial charge in [-0.15, -0.1) is 0 Å². The Morgan fingerprint density at radius 1 is 1.09 bits per heavy atom. The lowest BCUT2D eigenvalue weighted by Gasteiger charge is -2.12. The fourth-order valence-electron chi connectivity index (χ4n) is 2.43. The van der Waals surface area contributed by atoms with E-state index >= 15 is 0 Å². The van der Waals surface area contributed by atoms with Gasteiger partial charge in [0.2, 0.25) is 0 Å². The molecule has 1 N–H and O–H groups in total. The van der Waals surface area contributed by atoms with Gasteiger partial charge in [-0.25, -0.2) is 9.07 Å². The number of para-hydroxylation sites is 2. The minimum Gasteiger partial charge on any atom is -0.320 e. The van der Waals surface area contributed by atoms with Crippen LogP contribution in [0.15, 0.2) is 54.6 Å². The van der Waals surface area contributed by atoms with Crippen LogP contribution in [0.3, 0.4) is 0 Å². The fraction of sp³-hybridized carbons (Fsp3) is 0.111. The van der Waals surface area contributed by atoms with E-state index in [1.165, 1.54) is 24.3 Å². The summed E-state index contributed by atoms with van der Waals surface area (Å²) in [5.41, 5.74) is 3.71. The number of amides is 1. The van der Waals surface area contributed by atoms with Crippen LogP contribution in [0, 0.1) is 19.7 Å². The highest BCUT2D eigenvalue weighted by atomic mass is 19.1. The molecule has 0 spiro atoms. The Bertz CT molecular complexity index is 853. The predicted molar refractivity (Wildman–Crippen MR) is 87.4 cm³/mol. The monoisotopic (exact) mass is 309 g/mol. The molecule has 3 rings (SSSR count). The van der Waals surface area contributed by atoms with Crippen molar-refractivity contribution in [2.24, 2.45) is 0 Å². The van der Waals surface area contributed by atoms with E-state index in [0.717, 1.165) is 17.1 Å². The quantitative estimate of drug-likeness (QED) is 0.798. The number of aryl methyl sites for hydroxylation is 2. The zero-order chi connectivity index (χ0) is 16.4. The molecule has 23 heavy (non-hydrogen) atoms. The maximum Gasteiger partial charge on any atom is 0.255 e. The summed E-state index contributed by atoms with van der Waals surface area (Å²) in [6.45, 7) is 3.88. The van der Waals surface area contributed by atoms with Crippen molar-refractivity contribution in [3.05, 3.63) is 77.4 Å². The third-order valence-electron chi connectivity index (χ3n) is 3.50. The van der Waals surface area contributed by atoms with E-state index in [2.05, 4.69) is 10.4 Å². The Balaban J connectivity index is 1.93. The second-order valence-electron chi connectivity index (χ2n) is 5.32. The van der Waals surface area contributed by atoms with Crippen LogP contribution in [0.25, 0.3) is 5.69 Å². The molecule has 0 aliphatic heterocycles. The van der Waals surface area contributed by atoms with Crippen molar-refractivity contribution in [2.45, 2.75) is 13.8 Å². The van der Waals surface area contributed by atoms with Crippen molar-refractivity contribution in [3.63, 3.8) is 0 Å². The van der Waals surface area contributed by atoms with Crippen LogP contribution in [-0.4, -0.2) is 15.7 Å². The van der Waals surface area contributed by atoms with Crippen LogP contribution >= 0.6 is 0 Å². The molecule has 0 aliphatic rings. The first kappa shape index (κ1) is 15.0. The first-order valence-electron chi connectivity index (χ1n) is 7.24. The van der Waals surface area contributed by atoms with Gasteiger partial charge >= 0.3 is 0 Å². The van der Waals surface area contributed by atoms with Gasteiger partial charge in [0.25, 0.3) is 5.91 Å². The number of carbonyl (C=O) groups is 1. The Labute approximate surface area is 133 Å². The van der Waals surface area contributed by atoms with Gasteiger partial charge < -0.3 is 5.32 Å². The van der Waals surface area contributed by atoms with Gasteiger partial charge in [0, 0.05) is 11.3 Å². The molecule has 2 aromatic carbocycles. The summed E-state index contributed by atoms with van der Waals surface area (Å²) in [6, 6.07) is 14.8. The van der Waals surface area contributed by atoms with Crippen molar-refractivity contribution in [1.29, 1.82) is 0 Å². The van der Waals surface area contributed by atoms with Gasteiger partial charge in [-0.3, -0.25) is 4.79 Å². The number of carbonyl (C=O) groups excluding carboxylic acids is 1. The summed E-state index contributed by atoms with van der Waals surface area (Å²) in [5.74, 6) is -0.663. The lowest BCUT2D eigenvalue weighted by Crippen LogP contribution is -2.14. The zero-order valence-corrected chi connectivity index (χ0v) is 12.9. The van der Waals surface area contributed by atoms with Gasteiger partial charge in [-0.05, 0) is 56.3 Å². The number of anilines is 1. The van der Waals surface area contributed by atoms with Gasteiger partial charge in [0.15, 0.2) is 0 Å². The Morgan fingerprint density at radius 3 is 2.43 bits per heavy atom. The first-order chi connectivity index (χ1) is 11.0. The van der Waals surface area contributed by atoms with Crippen LogP contribution in [0.5, 0.6) is 0 Å². The SMILES string of the molecule is Cc1cc(C)n(-c2ccccc2NC(=O)c2ccc(F)cc2)n1. The average Bonchev–Trinajstić information content (AvgIpc) is 2.87. The van der Waals surface area contributed by atoms with Crippen molar-refractivity contribution >= 4 is 11.6 Å². The highest BCUT2D eigenvalue weighted by molar-refractivity contribution is 6.05. The molecule has 4 nitrogen and oxygen atoms in total. The molecule has 5 heteroatoms. The average molecular weight is 309 g/mol. The number of nitrogens with zero attached hydrogens (tertiary/aromatic N) is 2. The minimum absolute atomic E-state index is 0.293. The standard InChI is InChI=1S/C18H16FN3O/c1-12-11-13(2)22(21-12)17-6-4-3-5-16(17)20-18(23)14-7-9-15(19)10-8-14/h3-11H,1-2H3,(H,20,23). The molecule has 0 saturated heterocycles. The molecule has 0 saturated carbocycles. The number of benzene rings is 2. The van der Waals surface area contributed by atoms with Crippen molar-refractivity contribution in [2.75, 3.05) is 5.32 Å². The molecule has 116 valence electrons. The van der Waals surface area contributed by atoms with E-state index in [0.29, 0.717) is 11.3 Å². The number of halogens is 1. The summed E-state index contributed by atoms with van der Waals surface area (Å²) in [7, 11) is 0. The van der Waals surface area contributed by atoms with E-state index in [4.69, 9.17) is 0 Å². The van der Waals surface area contributed by atoms with Gasteiger partial charge in [0.05, 0.1) is 17.1 Å². The molecule has 1 aromatic heterocycles. The van der Waals surface area contributed by atoms with Crippen LogP contribution in [0.2, 0.25) is 0 Å². The summed E-state index contributed by atoms with van der Waals surface area (Å²) < 4.78 is 14.8. The lowest BCUT2D eigenvalue weighted by molar-refractivity contribution is 0.102. The summed E-state index contributed by atoms with van der Waals surface area (Å²) in [6.07, 6.45) is 0. The lowest BCUT2D eigenvalue weighted by atomic mass is 10.2. The zero-order valence-electron chi connectivity index (χ0n) is 12.9. The summed E-state index contributed by atoms with van der Waals surface area (Å²) in [4.78, 5) is 12.3. The van der Waals surface area contributed by atoms with E-state index in [1.54, 1.807) is 4.68 Å². The number of nitrogens with one attached hydrogen (secondary N) is 1. The normalized spacial score (nSPS) is 10.6. The topological polar surface area (TPSA) is 46.9 Å². The maximum atomic E-state index is 13.0. The largest absolute Gasteiger partial charge is 0.320 e. The number of hydrogen-bond acceptors (Lipinski definition) is 2. The molecule has 0 unspecified atom stereocenters. The van der Waals surface area contributed by atoms with E-state index in [1.807, 2.05) is 44.2 Å². The van der Waals surface area contributed by atoms with Crippen molar-refractivity contribution in [1.82, 2.24) is 9.78 Å². The second-order valence-corrected chi connectivity index (χ2v) is 5.32. The van der Waals surface area contributed by atoms with Gasteiger partial charge in [-0.1, -0.05) is 12.1 Å². The predicted octanol–water partition coefficient (Wildman–Crippen LogP) is 3.88. The Hall–Kier alpha value is -2.95. The highest BCUT2D eigenvalue weighted by Crippen LogP contribution is 2.22. The summed E-state index contributed by atoms with van der Waals surface area (Å²) in [5, 5.41) is 7.31. The van der Waals surface area contributed by atoms with Crippen LogP contribution in [0.4, 0.5) is 10.1 Å². The number of hydrogen-bond donors (Lipinski definition) is 1. The van der Waals surface area contributed by atoms with Crippen LogP contribution in [-0.2, 0) is 0 Å². The molecule has 0 radical (unpaired) electrons. The fourth-order valence-corrected chi connectivity index (χ4v) is 2.43. The van der Waals surface area contributed by atoms with E-state index < -0.39 is 0 Å². The Kier molecular flexibility index (Phi) is 3.93. The second kappa shape index (κ2) is 6.04. The van der Waals surface area contributed by atoms with E-state index in [-0.39, 0.29) is 11.7 Å². The number of aromatic nitrogens is 2.